The van der Waals surface area contributed by atoms with Crippen LogP contribution in [0.15, 0.2) is 66.9 Å². The van der Waals surface area contributed by atoms with Crippen LogP contribution in [0.25, 0.3) is 5.57 Å². The highest BCUT2D eigenvalue weighted by Crippen LogP contribution is 2.20. The van der Waals surface area contributed by atoms with E-state index in [1.165, 1.54) is 0 Å². The van der Waals surface area contributed by atoms with Gasteiger partial charge in [0.2, 0.25) is 0 Å². The van der Waals surface area contributed by atoms with Gasteiger partial charge in [-0.25, -0.2) is 0 Å². The van der Waals surface area contributed by atoms with Gasteiger partial charge in [-0.2, -0.15) is 0 Å². The van der Waals surface area contributed by atoms with Crippen molar-refractivity contribution in [2.24, 2.45) is 0 Å². The maximum atomic E-state index is 9.33. The first-order valence-electron chi connectivity index (χ1n) is 5.97. The molecule has 0 bridgehead atoms. The predicted octanol–water partition coefficient (Wildman–Crippen LogP) is 3.59. The highest BCUT2D eigenvalue weighted by atomic mass is 16.3. The lowest BCUT2D eigenvalue weighted by atomic mass is 9.96. The van der Waals surface area contributed by atoms with Crippen molar-refractivity contribution in [1.29, 1.82) is 0 Å². The summed E-state index contributed by atoms with van der Waals surface area (Å²) in [5.74, 6) is 0. The zero-order chi connectivity index (χ0) is 12.8. The van der Waals surface area contributed by atoms with Crippen molar-refractivity contribution in [3.8, 4) is 0 Å². The SMILES string of the molecule is C=C=C(Cc1ccccc1CO)c1ccccc1. The number of aliphatic hydroxyl groups is 1. The van der Waals surface area contributed by atoms with Gasteiger partial charge in [0.05, 0.1) is 6.61 Å². The van der Waals surface area contributed by atoms with E-state index in [0.717, 1.165) is 28.7 Å². The fourth-order valence-electron chi connectivity index (χ4n) is 1.98. The highest BCUT2D eigenvalue weighted by molar-refractivity contribution is 5.67. The van der Waals surface area contributed by atoms with E-state index in [0.29, 0.717) is 0 Å². The Morgan fingerprint density at radius 1 is 0.944 bits per heavy atom. The van der Waals surface area contributed by atoms with Crippen LogP contribution < -0.4 is 0 Å². The lowest BCUT2D eigenvalue weighted by Crippen LogP contribution is -1.96. The molecule has 0 heterocycles. The number of rotatable bonds is 4. The number of aliphatic hydroxyl groups excluding tert-OH is 1. The topological polar surface area (TPSA) is 20.2 Å². The van der Waals surface area contributed by atoms with Gasteiger partial charge in [-0.15, -0.1) is 5.73 Å². The molecule has 0 aliphatic rings. The standard InChI is InChI=1S/C17H16O/c1-2-14(15-8-4-3-5-9-15)12-16-10-6-7-11-17(16)13-18/h3-11,18H,1,12-13H2. The molecule has 2 aromatic rings. The Bertz CT molecular complexity index is 563. The molecule has 0 spiro atoms. The Morgan fingerprint density at radius 2 is 1.56 bits per heavy atom. The average molecular weight is 236 g/mol. The molecule has 0 unspecified atom stereocenters. The van der Waals surface area contributed by atoms with Crippen LogP contribution in [-0.2, 0) is 13.0 Å². The van der Waals surface area contributed by atoms with Gasteiger partial charge < -0.3 is 5.11 Å². The van der Waals surface area contributed by atoms with Crippen molar-refractivity contribution >= 4 is 5.57 Å². The van der Waals surface area contributed by atoms with Gasteiger partial charge in [-0.05, 0) is 16.7 Å². The van der Waals surface area contributed by atoms with Crippen LogP contribution in [-0.4, -0.2) is 5.11 Å². The maximum absolute atomic E-state index is 9.33. The van der Waals surface area contributed by atoms with Gasteiger partial charge in [0.15, 0.2) is 0 Å². The van der Waals surface area contributed by atoms with E-state index in [9.17, 15) is 5.11 Å². The Balaban J connectivity index is 2.30. The first kappa shape index (κ1) is 12.4. The zero-order valence-electron chi connectivity index (χ0n) is 10.3. The summed E-state index contributed by atoms with van der Waals surface area (Å²) in [6, 6.07) is 18.0. The smallest absolute Gasteiger partial charge is 0.0684 e. The minimum Gasteiger partial charge on any atom is -0.392 e. The van der Waals surface area contributed by atoms with Crippen molar-refractivity contribution in [2.45, 2.75) is 13.0 Å². The van der Waals surface area contributed by atoms with Gasteiger partial charge in [-0.3, -0.25) is 0 Å². The Kier molecular flexibility index (Phi) is 4.14. The average Bonchev–Trinajstić information content (AvgIpc) is 2.46. The normalized spacial score (nSPS) is 9.83. The van der Waals surface area contributed by atoms with E-state index in [1.807, 2.05) is 42.5 Å². The van der Waals surface area contributed by atoms with E-state index < -0.39 is 0 Å². The second-order valence-electron chi connectivity index (χ2n) is 4.12. The Morgan fingerprint density at radius 3 is 2.17 bits per heavy atom. The van der Waals surface area contributed by atoms with Crippen LogP contribution in [0.1, 0.15) is 16.7 Å². The highest BCUT2D eigenvalue weighted by Gasteiger charge is 2.05. The Hall–Kier alpha value is -2.08. The molecule has 1 heteroatoms. The number of benzene rings is 2. The third-order valence-electron chi connectivity index (χ3n) is 2.99. The number of hydrogen-bond acceptors (Lipinski definition) is 1. The molecular weight excluding hydrogens is 220 g/mol. The first-order valence-corrected chi connectivity index (χ1v) is 5.97. The molecule has 1 nitrogen and oxygen atoms in total. The predicted molar refractivity (Wildman–Crippen MR) is 75.1 cm³/mol. The molecule has 0 aromatic heterocycles. The minimum atomic E-state index is 0.0649. The fourth-order valence-corrected chi connectivity index (χ4v) is 1.98. The summed E-state index contributed by atoms with van der Waals surface area (Å²) in [7, 11) is 0. The molecule has 0 radical (unpaired) electrons. The van der Waals surface area contributed by atoms with Crippen molar-refractivity contribution in [1.82, 2.24) is 0 Å². The number of hydrogen-bond donors (Lipinski definition) is 1. The molecule has 2 rings (SSSR count). The van der Waals surface area contributed by atoms with Crippen LogP contribution in [0.3, 0.4) is 0 Å². The molecule has 0 fully saturated rings. The van der Waals surface area contributed by atoms with Crippen LogP contribution in [0, 0.1) is 0 Å². The van der Waals surface area contributed by atoms with Crippen LogP contribution in [0.4, 0.5) is 0 Å². The molecule has 0 atom stereocenters. The molecule has 18 heavy (non-hydrogen) atoms. The molecule has 0 saturated carbocycles. The van der Waals surface area contributed by atoms with E-state index in [2.05, 4.69) is 24.4 Å². The molecule has 0 saturated heterocycles. The monoisotopic (exact) mass is 236 g/mol. The summed E-state index contributed by atoms with van der Waals surface area (Å²) in [4.78, 5) is 0. The third-order valence-corrected chi connectivity index (χ3v) is 2.99. The van der Waals surface area contributed by atoms with Crippen molar-refractivity contribution < 1.29 is 5.11 Å². The van der Waals surface area contributed by atoms with Crippen molar-refractivity contribution in [3.63, 3.8) is 0 Å². The molecule has 1 N–H and O–H groups in total. The van der Waals surface area contributed by atoms with E-state index in [1.54, 1.807) is 0 Å². The lowest BCUT2D eigenvalue weighted by Gasteiger charge is -2.09. The van der Waals surface area contributed by atoms with E-state index in [-0.39, 0.29) is 6.61 Å². The molecular formula is C17H16O. The van der Waals surface area contributed by atoms with Gasteiger partial charge >= 0.3 is 0 Å². The number of allylic oxidation sites excluding steroid dienone is 1. The zero-order valence-corrected chi connectivity index (χ0v) is 10.3. The molecule has 2 aromatic carbocycles. The van der Waals surface area contributed by atoms with Crippen LogP contribution in [0.5, 0.6) is 0 Å². The van der Waals surface area contributed by atoms with E-state index in [4.69, 9.17) is 0 Å². The van der Waals surface area contributed by atoms with Crippen LogP contribution in [0.2, 0.25) is 0 Å². The van der Waals surface area contributed by atoms with Gasteiger partial charge in [0, 0.05) is 12.0 Å². The van der Waals surface area contributed by atoms with Crippen molar-refractivity contribution in [3.05, 3.63) is 83.6 Å². The minimum absolute atomic E-state index is 0.0649. The third kappa shape index (κ3) is 2.78. The summed E-state index contributed by atoms with van der Waals surface area (Å²) >= 11 is 0. The van der Waals surface area contributed by atoms with Crippen molar-refractivity contribution in [2.75, 3.05) is 0 Å². The van der Waals surface area contributed by atoms with Crippen LogP contribution >= 0.6 is 0 Å². The van der Waals surface area contributed by atoms with E-state index >= 15 is 0 Å². The van der Waals surface area contributed by atoms with Gasteiger partial charge in [0.1, 0.15) is 0 Å². The summed E-state index contributed by atoms with van der Waals surface area (Å²) in [6.07, 6.45) is 0.740. The maximum Gasteiger partial charge on any atom is 0.0684 e. The Labute approximate surface area is 108 Å². The molecule has 90 valence electrons. The molecule has 0 aliphatic heterocycles. The first-order chi connectivity index (χ1) is 8.85. The van der Waals surface area contributed by atoms with Gasteiger partial charge in [0.25, 0.3) is 0 Å². The summed E-state index contributed by atoms with van der Waals surface area (Å²) in [5, 5.41) is 9.33. The summed E-state index contributed by atoms with van der Waals surface area (Å²) < 4.78 is 0. The van der Waals surface area contributed by atoms with Gasteiger partial charge in [-0.1, -0.05) is 61.2 Å². The summed E-state index contributed by atoms with van der Waals surface area (Å²) in [5.41, 5.74) is 7.26. The molecule has 0 amide bonds. The largest absolute Gasteiger partial charge is 0.392 e. The molecule has 0 aliphatic carbocycles. The second kappa shape index (κ2) is 6.02. The quantitative estimate of drug-likeness (QED) is 0.804. The fraction of sp³-hybridized carbons (Fsp3) is 0.118. The lowest BCUT2D eigenvalue weighted by molar-refractivity contribution is 0.281. The summed E-state index contributed by atoms with van der Waals surface area (Å²) in [6.45, 7) is 3.83. The second-order valence-corrected chi connectivity index (χ2v) is 4.12.